The van der Waals surface area contributed by atoms with Gasteiger partial charge in [-0.3, -0.25) is 4.79 Å². The summed E-state index contributed by atoms with van der Waals surface area (Å²) in [4.78, 5) is 13.2. The summed E-state index contributed by atoms with van der Waals surface area (Å²) in [7, 11) is 0. The molecule has 3 rings (SSSR count). The minimum atomic E-state index is -1.07. The zero-order valence-corrected chi connectivity index (χ0v) is 15.8. The van der Waals surface area contributed by atoms with E-state index >= 15 is 0 Å². The number of halogens is 2. The van der Waals surface area contributed by atoms with Crippen LogP contribution in [-0.2, 0) is 4.79 Å². The maximum absolute atomic E-state index is 13.2. The van der Waals surface area contributed by atoms with Crippen LogP contribution >= 0.6 is 23.2 Å². The number of hydrazone groups is 1. The number of carbonyl (C=O) groups excluding carboxylic acids is 1. The third kappa shape index (κ3) is 3.53. The third-order valence-electron chi connectivity index (χ3n) is 4.50. The van der Waals surface area contributed by atoms with E-state index in [1.807, 2.05) is 30.3 Å². The van der Waals surface area contributed by atoms with Crippen molar-refractivity contribution in [1.82, 2.24) is 0 Å². The minimum absolute atomic E-state index is 0.301. The van der Waals surface area contributed by atoms with E-state index in [0.717, 1.165) is 0 Å². The molecule has 0 N–H and O–H groups in total. The van der Waals surface area contributed by atoms with Gasteiger partial charge in [0, 0.05) is 21.7 Å². The molecule has 0 bridgehead atoms. The lowest BCUT2D eigenvalue weighted by Crippen LogP contribution is -2.34. The van der Waals surface area contributed by atoms with Crippen molar-refractivity contribution in [3.8, 4) is 12.1 Å². The number of hydrogen-bond acceptors (Lipinski definition) is 4. The van der Waals surface area contributed by atoms with E-state index in [2.05, 4.69) is 5.10 Å². The van der Waals surface area contributed by atoms with E-state index in [-0.39, 0.29) is 5.91 Å². The van der Waals surface area contributed by atoms with E-state index in [0.29, 0.717) is 27.0 Å². The summed E-state index contributed by atoms with van der Waals surface area (Å²) in [5, 5.41) is 25.5. The van der Waals surface area contributed by atoms with E-state index in [9.17, 15) is 15.3 Å². The monoisotopic (exact) mass is 396 g/mol. The number of amides is 1. The summed E-state index contributed by atoms with van der Waals surface area (Å²) in [5.41, 5.74) is 1.67. The Bertz CT molecular complexity index is 977. The molecule has 0 aromatic heterocycles. The Balaban J connectivity index is 2.08. The Morgan fingerprint density at radius 3 is 2.37 bits per heavy atom. The van der Waals surface area contributed by atoms with Crippen LogP contribution < -0.4 is 5.01 Å². The molecule has 2 atom stereocenters. The van der Waals surface area contributed by atoms with Gasteiger partial charge >= 0.3 is 0 Å². The number of benzene rings is 2. The van der Waals surface area contributed by atoms with Gasteiger partial charge in [0.1, 0.15) is 5.92 Å². The van der Waals surface area contributed by atoms with Crippen LogP contribution in [0.2, 0.25) is 10.0 Å². The van der Waals surface area contributed by atoms with Crippen molar-refractivity contribution in [2.45, 2.75) is 12.8 Å². The molecule has 0 fully saturated rings. The fourth-order valence-corrected chi connectivity index (χ4v) is 3.79. The van der Waals surface area contributed by atoms with E-state index in [4.69, 9.17) is 23.2 Å². The summed E-state index contributed by atoms with van der Waals surface area (Å²) < 4.78 is 0. The number of carbonyl (C=O) groups is 1. The largest absolute Gasteiger partial charge is 0.272 e. The Hall–Kier alpha value is -2.86. The second-order valence-electron chi connectivity index (χ2n) is 6.13. The van der Waals surface area contributed by atoms with Crippen molar-refractivity contribution in [3.63, 3.8) is 0 Å². The molecule has 0 unspecified atom stereocenters. The van der Waals surface area contributed by atoms with Crippen LogP contribution in [0.5, 0.6) is 0 Å². The van der Waals surface area contributed by atoms with Gasteiger partial charge in [-0.1, -0.05) is 47.5 Å². The molecule has 2 aromatic carbocycles. The molecule has 27 heavy (non-hydrogen) atoms. The smallest absolute Gasteiger partial charge is 0.256 e. The molecule has 7 heteroatoms. The van der Waals surface area contributed by atoms with Gasteiger partial charge < -0.3 is 0 Å². The van der Waals surface area contributed by atoms with Gasteiger partial charge in [0.15, 0.2) is 0 Å². The van der Waals surface area contributed by atoms with E-state index in [1.54, 1.807) is 31.2 Å². The van der Waals surface area contributed by atoms with Crippen LogP contribution in [0.4, 0.5) is 5.69 Å². The number of hydrogen-bond donors (Lipinski definition) is 0. The zero-order chi connectivity index (χ0) is 19.6. The first kappa shape index (κ1) is 18.9. The molecule has 2 aromatic rings. The second-order valence-corrected chi connectivity index (χ2v) is 6.98. The number of anilines is 1. The Kier molecular flexibility index (Phi) is 5.46. The maximum atomic E-state index is 13.2. The van der Waals surface area contributed by atoms with Gasteiger partial charge in [-0.2, -0.15) is 15.6 Å². The molecular weight excluding hydrogens is 383 g/mol. The van der Waals surface area contributed by atoms with E-state index < -0.39 is 17.8 Å². The van der Waals surface area contributed by atoms with Crippen LogP contribution in [0.3, 0.4) is 0 Å². The minimum Gasteiger partial charge on any atom is -0.272 e. The van der Waals surface area contributed by atoms with Crippen molar-refractivity contribution >= 4 is 40.5 Å². The van der Waals surface area contributed by atoms with Crippen LogP contribution in [-0.4, -0.2) is 11.6 Å². The normalized spacial score (nSPS) is 17.4. The molecule has 5 nitrogen and oxygen atoms in total. The molecule has 0 spiro atoms. The van der Waals surface area contributed by atoms with Gasteiger partial charge in [0.25, 0.3) is 5.91 Å². The summed E-state index contributed by atoms with van der Waals surface area (Å²) in [5.74, 6) is -2.90. The standard InChI is InChI=1S/C20H14Cl2N4O/c1-12-18(20(27)26(25-12)15-5-3-2-4-6-15)19(13(10-23)11-24)16-8-7-14(21)9-17(16)22/h2-9,13,18-19H,1H3/t18-,19-/m1/s1. The molecule has 0 saturated heterocycles. The molecule has 134 valence electrons. The first-order valence-electron chi connectivity index (χ1n) is 8.16. The number of nitrogens with zero attached hydrogens (tertiary/aromatic N) is 4. The summed E-state index contributed by atoms with van der Waals surface area (Å²) in [6.45, 7) is 1.72. The molecule has 1 aliphatic heterocycles. The lowest BCUT2D eigenvalue weighted by Gasteiger charge is -2.25. The lowest BCUT2D eigenvalue weighted by molar-refractivity contribution is -0.120. The van der Waals surface area contributed by atoms with Crippen LogP contribution in [0.25, 0.3) is 0 Å². The number of rotatable bonds is 4. The molecule has 0 saturated carbocycles. The summed E-state index contributed by atoms with van der Waals surface area (Å²) >= 11 is 12.3. The predicted molar refractivity (Wildman–Crippen MR) is 104 cm³/mol. The van der Waals surface area contributed by atoms with Crippen molar-refractivity contribution < 1.29 is 4.79 Å². The van der Waals surface area contributed by atoms with Gasteiger partial charge in [0.2, 0.25) is 0 Å². The Labute approximate surface area is 167 Å². The van der Waals surface area contributed by atoms with Gasteiger partial charge in [-0.25, -0.2) is 5.01 Å². The first-order valence-corrected chi connectivity index (χ1v) is 8.91. The summed E-state index contributed by atoms with van der Waals surface area (Å²) in [6, 6.07) is 17.8. The maximum Gasteiger partial charge on any atom is 0.256 e. The third-order valence-corrected chi connectivity index (χ3v) is 5.06. The fourth-order valence-electron chi connectivity index (χ4n) is 3.26. The van der Waals surface area contributed by atoms with Gasteiger partial charge in [-0.05, 0) is 36.8 Å². The highest BCUT2D eigenvalue weighted by Crippen LogP contribution is 2.41. The molecular formula is C20H14Cl2N4O. The van der Waals surface area contributed by atoms with Gasteiger partial charge in [-0.15, -0.1) is 0 Å². The second kappa shape index (κ2) is 7.80. The molecule has 1 aliphatic rings. The van der Waals surface area contributed by atoms with Crippen molar-refractivity contribution in [2.24, 2.45) is 16.9 Å². The van der Waals surface area contributed by atoms with Gasteiger partial charge in [0.05, 0.1) is 23.7 Å². The van der Waals surface area contributed by atoms with Crippen molar-refractivity contribution in [2.75, 3.05) is 5.01 Å². The average Bonchev–Trinajstić information content (AvgIpc) is 2.95. The zero-order valence-electron chi connectivity index (χ0n) is 14.3. The quantitative estimate of drug-likeness (QED) is 0.745. The van der Waals surface area contributed by atoms with Crippen LogP contribution in [0.15, 0.2) is 53.6 Å². The highest BCUT2D eigenvalue weighted by molar-refractivity contribution is 6.35. The number of nitriles is 2. The molecule has 0 aliphatic carbocycles. The van der Waals surface area contributed by atoms with Crippen molar-refractivity contribution in [1.29, 1.82) is 10.5 Å². The average molecular weight is 397 g/mol. The lowest BCUT2D eigenvalue weighted by atomic mass is 9.75. The fraction of sp³-hybridized carbons (Fsp3) is 0.200. The first-order chi connectivity index (χ1) is 13.0. The summed E-state index contributed by atoms with van der Waals surface area (Å²) in [6.07, 6.45) is 0. The topological polar surface area (TPSA) is 80.2 Å². The molecule has 1 amide bonds. The van der Waals surface area contributed by atoms with E-state index in [1.165, 1.54) is 11.1 Å². The number of para-hydroxylation sites is 1. The highest BCUT2D eigenvalue weighted by atomic mass is 35.5. The SMILES string of the molecule is CC1=NN(c2ccccc2)C(=O)[C@H]1[C@@H](c1ccc(Cl)cc1Cl)C(C#N)C#N. The van der Waals surface area contributed by atoms with Crippen LogP contribution in [0, 0.1) is 34.5 Å². The van der Waals surface area contributed by atoms with Crippen molar-refractivity contribution in [3.05, 3.63) is 64.1 Å². The Morgan fingerprint density at radius 2 is 1.78 bits per heavy atom. The van der Waals surface area contributed by atoms with Crippen LogP contribution in [0.1, 0.15) is 18.4 Å². The highest BCUT2D eigenvalue weighted by Gasteiger charge is 2.44. The molecule has 1 heterocycles. The predicted octanol–water partition coefficient (Wildman–Crippen LogP) is 4.78. The molecule has 0 radical (unpaired) electrons. The Morgan fingerprint density at radius 1 is 1.11 bits per heavy atom.